The number of aromatic nitrogens is 1. The van der Waals surface area contributed by atoms with Crippen LogP contribution in [0.5, 0.6) is 0 Å². The van der Waals surface area contributed by atoms with E-state index in [1.54, 1.807) is 5.56 Å². The summed E-state index contributed by atoms with van der Waals surface area (Å²) in [6.45, 7) is 18.9. The molecule has 2 saturated carbocycles. The number of nitrogens with one attached hydrogen (secondary N) is 1. The highest BCUT2D eigenvalue weighted by molar-refractivity contribution is 5.87. The van der Waals surface area contributed by atoms with Crippen LogP contribution in [0.15, 0.2) is 41.5 Å². The van der Waals surface area contributed by atoms with Gasteiger partial charge in [0.15, 0.2) is 0 Å². The fourth-order valence-corrected chi connectivity index (χ4v) is 9.90. The van der Waals surface area contributed by atoms with Gasteiger partial charge in [-0.1, -0.05) is 43.2 Å². The van der Waals surface area contributed by atoms with Crippen molar-refractivity contribution in [2.75, 3.05) is 6.61 Å². The highest BCUT2D eigenvalue weighted by Crippen LogP contribution is 2.73. The number of hydrogen-bond acceptors (Lipinski definition) is 3. The van der Waals surface area contributed by atoms with Crippen LogP contribution in [0, 0.1) is 17.3 Å². The zero-order chi connectivity index (χ0) is 28.9. The first-order chi connectivity index (χ1) is 19.4. The molecule has 4 nitrogen and oxygen atoms in total. The van der Waals surface area contributed by atoms with E-state index in [0.29, 0.717) is 24.5 Å². The average Bonchev–Trinajstić information content (AvgIpc) is 3.42. The summed E-state index contributed by atoms with van der Waals surface area (Å²) in [5.74, 6) is 1.22. The van der Waals surface area contributed by atoms with Crippen LogP contribution in [0.3, 0.4) is 0 Å². The number of allylic oxidation sites excluding steroid dienone is 3. The Labute approximate surface area is 247 Å². The van der Waals surface area contributed by atoms with Gasteiger partial charge in [0, 0.05) is 28.4 Å². The van der Waals surface area contributed by atoms with E-state index < -0.39 is 0 Å². The van der Waals surface area contributed by atoms with Crippen molar-refractivity contribution in [2.24, 2.45) is 17.3 Å². The summed E-state index contributed by atoms with van der Waals surface area (Å²) in [5.41, 5.74) is 8.40. The maximum atomic E-state index is 6.98. The summed E-state index contributed by atoms with van der Waals surface area (Å²) < 4.78 is 20.2. The van der Waals surface area contributed by atoms with Crippen LogP contribution < -0.4 is 0 Å². The lowest BCUT2D eigenvalue weighted by Gasteiger charge is -2.62. The number of ether oxygens (including phenoxy) is 3. The lowest BCUT2D eigenvalue weighted by molar-refractivity contribution is -0.207. The fourth-order valence-electron chi connectivity index (χ4n) is 9.90. The van der Waals surface area contributed by atoms with E-state index in [1.807, 2.05) is 0 Å². The molecule has 2 aliphatic heterocycles. The van der Waals surface area contributed by atoms with Crippen molar-refractivity contribution in [1.29, 1.82) is 0 Å². The third-order valence-corrected chi connectivity index (χ3v) is 12.5. The van der Waals surface area contributed by atoms with E-state index in [-0.39, 0.29) is 34.2 Å². The molecule has 1 aromatic heterocycles. The summed E-state index contributed by atoms with van der Waals surface area (Å²) in [6.07, 6.45) is 13.0. The Bertz CT molecular complexity index is 1420. The van der Waals surface area contributed by atoms with E-state index >= 15 is 0 Å². The van der Waals surface area contributed by atoms with Gasteiger partial charge in [-0.25, -0.2) is 0 Å². The van der Waals surface area contributed by atoms with Crippen molar-refractivity contribution < 1.29 is 14.2 Å². The Hall–Kier alpha value is -1.88. The first-order valence-corrected chi connectivity index (χ1v) is 16.3. The van der Waals surface area contributed by atoms with Crippen LogP contribution in [0.2, 0.25) is 0 Å². The zero-order valence-electron chi connectivity index (χ0n) is 26.7. The summed E-state index contributed by atoms with van der Waals surface area (Å²) in [6, 6.07) is 7.11. The van der Waals surface area contributed by atoms with Crippen molar-refractivity contribution in [3.05, 3.63) is 58.3 Å². The predicted octanol–water partition coefficient (Wildman–Crippen LogP) is 8.37. The minimum Gasteiger partial charge on any atom is -0.369 e. The molecule has 3 heterocycles. The van der Waals surface area contributed by atoms with Crippen molar-refractivity contribution >= 4 is 10.9 Å². The van der Waals surface area contributed by atoms with Gasteiger partial charge in [-0.15, -0.1) is 0 Å². The third-order valence-electron chi connectivity index (χ3n) is 12.5. The normalized spacial score (nSPS) is 38.8. The molecule has 41 heavy (non-hydrogen) atoms. The molecule has 222 valence electrons. The number of H-pyrrole nitrogens is 1. The largest absolute Gasteiger partial charge is 0.369 e. The Morgan fingerprint density at radius 1 is 1.05 bits per heavy atom. The second kappa shape index (κ2) is 9.31. The molecular weight excluding hydrogens is 506 g/mol. The standard InChI is InChI=1S/C37H51NO3/c1-22(2)9-10-24-11-13-28-26(19-24)27-20-25-12-14-29-35(7,36(25,8)33(27)38-28)17-15-30-37(29)32(41-37)21-31(40-30)34(5,6)39-18-16-23(3)4/h9,11,13,16,19,25,29-32,38H,10,12,14-15,17-18,20-21H2,1-8H3/t25-,29?,30?,31?,32?,35-,36+,37?/m0/s1. The number of rotatable bonds is 6. The molecule has 5 unspecified atom stereocenters. The van der Waals surface area contributed by atoms with Crippen molar-refractivity contribution in [3.63, 3.8) is 0 Å². The van der Waals surface area contributed by atoms with Gasteiger partial charge in [-0.05, 0) is 121 Å². The van der Waals surface area contributed by atoms with E-state index in [0.717, 1.165) is 19.3 Å². The second-order valence-corrected chi connectivity index (χ2v) is 15.5. The molecule has 2 aromatic rings. The Morgan fingerprint density at radius 2 is 1.83 bits per heavy atom. The molecule has 3 aliphatic carbocycles. The van der Waals surface area contributed by atoms with Gasteiger partial charge in [-0.2, -0.15) is 0 Å². The van der Waals surface area contributed by atoms with Crippen LogP contribution in [0.4, 0.5) is 0 Å². The van der Waals surface area contributed by atoms with Gasteiger partial charge in [0.05, 0.1) is 30.5 Å². The molecule has 8 atom stereocenters. The van der Waals surface area contributed by atoms with Crippen molar-refractivity contribution in [1.82, 2.24) is 4.98 Å². The Morgan fingerprint density at radius 3 is 2.59 bits per heavy atom. The van der Waals surface area contributed by atoms with E-state index in [9.17, 15) is 0 Å². The summed E-state index contributed by atoms with van der Waals surface area (Å²) in [7, 11) is 0. The molecule has 5 aliphatic rings. The maximum absolute atomic E-state index is 6.98. The number of benzene rings is 1. The van der Waals surface area contributed by atoms with Crippen LogP contribution in [0.1, 0.15) is 104 Å². The number of aromatic amines is 1. The van der Waals surface area contributed by atoms with Gasteiger partial charge in [-0.3, -0.25) is 0 Å². The molecule has 1 aromatic carbocycles. The average molecular weight is 558 g/mol. The highest BCUT2D eigenvalue weighted by atomic mass is 16.7. The van der Waals surface area contributed by atoms with Crippen LogP contribution in [-0.2, 0) is 32.5 Å². The summed E-state index contributed by atoms with van der Waals surface area (Å²) in [5, 5.41) is 1.46. The van der Waals surface area contributed by atoms with Crippen LogP contribution in [-0.4, -0.2) is 41.1 Å². The molecular formula is C37H51NO3. The van der Waals surface area contributed by atoms with Gasteiger partial charge in [0.1, 0.15) is 5.60 Å². The summed E-state index contributed by atoms with van der Waals surface area (Å²) in [4.78, 5) is 4.01. The highest BCUT2D eigenvalue weighted by Gasteiger charge is 2.78. The van der Waals surface area contributed by atoms with E-state index in [2.05, 4.69) is 90.7 Å². The Balaban J connectivity index is 1.18. The molecule has 1 N–H and O–H groups in total. The molecule has 2 saturated heterocycles. The quantitative estimate of drug-likeness (QED) is 0.287. The smallest absolute Gasteiger partial charge is 0.124 e. The fraction of sp³-hybridized carbons (Fsp3) is 0.676. The van der Waals surface area contributed by atoms with E-state index in [1.165, 1.54) is 59.0 Å². The van der Waals surface area contributed by atoms with Crippen LogP contribution >= 0.6 is 0 Å². The molecule has 0 bridgehead atoms. The minimum absolute atomic E-state index is 0.0716. The first kappa shape index (κ1) is 27.9. The lowest BCUT2D eigenvalue weighted by Crippen LogP contribution is -2.65. The SMILES string of the molecule is CC(C)=CCOC(C)(C)C1CC2OC23C(CC[C@@]2(C)C3CC[C@H]3Cc4c([nH]c5ccc(CC=C(C)C)cc45)[C@@]32C)O1. The minimum atomic E-state index is -0.330. The molecule has 4 heteroatoms. The molecule has 7 rings (SSSR count). The van der Waals surface area contributed by atoms with E-state index in [4.69, 9.17) is 14.2 Å². The van der Waals surface area contributed by atoms with Gasteiger partial charge >= 0.3 is 0 Å². The third kappa shape index (κ3) is 3.96. The first-order valence-electron chi connectivity index (χ1n) is 16.3. The number of fused-ring (bicyclic) bond motifs is 7. The van der Waals surface area contributed by atoms with Gasteiger partial charge < -0.3 is 19.2 Å². The number of hydrogen-bond donors (Lipinski definition) is 1. The van der Waals surface area contributed by atoms with Crippen LogP contribution in [0.25, 0.3) is 10.9 Å². The second-order valence-electron chi connectivity index (χ2n) is 15.5. The molecule has 0 amide bonds. The molecule has 0 radical (unpaired) electrons. The number of epoxide rings is 1. The topological polar surface area (TPSA) is 46.8 Å². The van der Waals surface area contributed by atoms with Crippen molar-refractivity contribution in [2.45, 2.75) is 135 Å². The zero-order valence-corrected chi connectivity index (χ0v) is 26.7. The molecule has 1 spiro atoms. The van der Waals surface area contributed by atoms with Gasteiger partial charge in [0.25, 0.3) is 0 Å². The molecule has 4 fully saturated rings. The predicted molar refractivity (Wildman–Crippen MR) is 166 cm³/mol. The Kier molecular flexibility index (Phi) is 6.34. The van der Waals surface area contributed by atoms with Crippen molar-refractivity contribution in [3.8, 4) is 0 Å². The maximum Gasteiger partial charge on any atom is 0.124 e. The summed E-state index contributed by atoms with van der Waals surface area (Å²) >= 11 is 0. The van der Waals surface area contributed by atoms with Gasteiger partial charge in [0.2, 0.25) is 0 Å². The monoisotopic (exact) mass is 557 g/mol. The lowest BCUT2D eigenvalue weighted by atomic mass is 9.43.